The highest BCUT2D eigenvalue weighted by molar-refractivity contribution is 14.0. The van der Waals surface area contributed by atoms with Crippen molar-refractivity contribution in [2.45, 2.75) is 20.3 Å². The topological polar surface area (TPSA) is 83.0 Å². The summed E-state index contributed by atoms with van der Waals surface area (Å²) in [4.78, 5) is 4.13. The standard InChI is InChI=1S/C17H30N4O3S.HI/c1-5-25(22,23)21(4)13-6-11-19-17(18-3)20-12-14-24-16-9-7-15(2)8-10-16;/h7-10H,5-6,11-14H2,1-4H3,(H2,18,19,20);1H. The van der Waals surface area contributed by atoms with E-state index >= 15 is 0 Å². The first-order valence-corrected chi connectivity index (χ1v) is 10.1. The molecule has 0 spiro atoms. The molecule has 1 aromatic carbocycles. The Labute approximate surface area is 174 Å². The van der Waals surface area contributed by atoms with Crippen LogP contribution in [0.15, 0.2) is 29.3 Å². The van der Waals surface area contributed by atoms with Crippen LogP contribution in [0.5, 0.6) is 5.75 Å². The van der Waals surface area contributed by atoms with E-state index in [2.05, 4.69) is 15.6 Å². The third kappa shape index (κ3) is 9.58. The van der Waals surface area contributed by atoms with Crippen LogP contribution < -0.4 is 15.4 Å². The van der Waals surface area contributed by atoms with Gasteiger partial charge in [0.15, 0.2) is 5.96 Å². The molecule has 0 amide bonds. The number of guanidine groups is 1. The quantitative estimate of drug-likeness (QED) is 0.223. The Balaban J connectivity index is 0.00000625. The van der Waals surface area contributed by atoms with Gasteiger partial charge in [0, 0.05) is 27.2 Å². The van der Waals surface area contributed by atoms with Gasteiger partial charge in [-0.15, -0.1) is 24.0 Å². The second-order valence-corrected chi connectivity index (χ2v) is 8.03. The molecule has 0 radical (unpaired) electrons. The first kappa shape index (κ1) is 24.9. The van der Waals surface area contributed by atoms with Crippen LogP contribution in [0.1, 0.15) is 18.9 Å². The first-order chi connectivity index (χ1) is 11.9. The Kier molecular flexibility index (Phi) is 12.6. The minimum Gasteiger partial charge on any atom is -0.492 e. The molecule has 7 nitrogen and oxygen atoms in total. The highest BCUT2D eigenvalue weighted by atomic mass is 127. The normalized spacial score (nSPS) is 11.8. The average Bonchev–Trinajstić information content (AvgIpc) is 2.61. The smallest absolute Gasteiger partial charge is 0.213 e. The van der Waals surface area contributed by atoms with Crippen molar-refractivity contribution < 1.29 is 13.2 Å². The highest BCUT2D eigenvalue weighted by Crippen LogP contribution is 2.10. The third-order valence-corrected chi connectivity index (χ3v) is 5.55. The van der Waals surface area contributed by atoms with Gasteiger partial charge in [-0.05, 0) is 32.4 Å². The number of sulfonamides is 1. The summed E-state index contributed by atoms with van der Waals surface area (Å²) in [6.07, 6.45) is 0.705. The maximum Gasteiger partial charge on any atom is 0.213 e. The molecule has 0 aromatic heterocycles. The van der Waals surface area contributed by atoms with Gasteiger partial charge >= 0.3 is 0 Å². The van der Waals surface area contributed by atoms with Crippen LogP contribution in [0, 0.1) is 6.92 Å². The van der Waals surface area contributed by atoms with E-state index in [1.54, 1.807) is 21.0 Å². The largest absolute Gasteiger partial charge is 0.492 e. The molecular weight excluding hydrogens is 467 g/mol. The second-order valence-electron chi connectivity index (χ2n) is 5.66. The minimum absolute atomic E-state index is 0. The first-order valence-electron chi connectivity index (χ1n) is 8.47. The fourth-order valence-corrected chi connectivity index (χ4v) is 2.91. The molecule has 150 valence electrons. The van der Waals surface area contributed by atoms with E-state index < -0.39 is 10.0 Å². The number of halogens is 1. The van der Waals surface area contributed by atoms with E-state index in [-0.39, 0.29) is 29.7 Å². The van der Waals surface area contributed by atoms with E-state index in [0.717, 1.165) is 5.75 Å². The molecule has 0 bridgehead atoms. The number of ether oxygens (including phenoxy) is 1. The minimum atomic E-state index is -3.11. The van der Waals surface area contributed by atoms with Crippen molar-refractivity contribution in [3.63, 3.8) is 0 Å². The Bertz CT molecular complexity index is 636. The zero-order chi connectivity index (χ0) is 18.7. The molecule has 0 atom stereocenters. The molecular formula is C17H31IN4O3S. The van der Waals surface area contributed by atoms with E-state index in [1.807, 2.05) is 31.2 Å². The summed E-state index contributed by atoms with van der Waals surface area (Å²) < 4.78 is 30.3. The van der Waals surface area contributed by atoms with Gasteiger partial charge in [-0.3, -0.25) is 4.99 Å². The van der Waals surface area contributed by atoms with Gasteiger partial charge in [0.25, 0.3) is 0 Å². The van der Waals surface area contributed by atoms with Crippen LogP contribution in [0.4, 0.5) is 0 Å². The second kappa shape index (κ2) is 13.2. The van der Waals surface area contributed by atoms with Gasteiger partial charge < -0.3 is 15.4 Å². The summed E-state index contributed by atoms with van der Waals surface area (Å²) in [5, 5.41) is 6.32. The number of hydrogen-bond donors (Lipinski definition) is 2. The summed E-state index contributed by atoms with van der Waals surface area (Å²) in [5.41, 5.74) is 1.20. The number of rotatable bonds is 10. The molecule has 0 unspecified atom stereocenters. The number of aryl methyl sites for hydroxylation is 1. The Hall–Kier alpha value is -1.07. The fraction of sp³-hybridized carbons (Fsp3) is 0.588. The maximum atomic E-state index is 11.6. The molecule has 9 heteroatoms. The van der Waals surface area contributed by atoms with Crippen LogP contribution in [-0.2, 0) is 10.0 Å². The molecule has 1 rings (SSSR count). The lowest BCUT2D eigenvalue weighted by Gasteiger charge is -2.17. The lowest BCUT2D eigenvalue weighted by Crippen LogP contribution is -2.40. The summed E-state index contributed by atoms with van der Waals surface area (Å²) >= 11 is 0. The maximum absolute atomic E-state index is 11.6. The summed E-state index contributed by atoms with van der Waals surface area (Å²) in [5.74, 6) is 1.64. The highest BCUT2D eigenvalue weighted by Gasteiger charge is 2.13. The molecule has 26 heavy (non-hydrogen) atoms. The summed E-state index contributed by atoms with van der Waals surface area (Å²) in [7, 11) is 0.196. The molecule has 0 saturated heterocycles. The number of aliphatic imine (C=N–C) groups is 1. The van der Waals surface area contributed by atoms with E-state index in [0.29, 0.717) is 38.6 Å². The van der Waals surface area contributed by atoms with Crippen LogP contribution in [-0.4, -0.2) is 64.8 Å². The summed E-state index contributed by atoms with van der Waals surface area (Å²) in [6, 6.07) is 7.92. The zero-order valence-electron chi connectivity index (χ0n) is 16.0. The van der Waals surface area contributed by atoms with Crippen molar-refractivity contribution in [1.29, 1.82) is 0 Å². The SMILES string of the molecule is CCS(=O)(=O)N(C)CCCNC(=NC)NCCOc1ccc(C)cc1.I. The van der Waals surface area contributed by atoms with Crippen molar-refractivity contribution in [2.24, 2.45) is 4.99 Å². The van der Waals surface area contributed by atoms with Crippen molar-refractivity contribution >= 4 is 40.0 Å². The van der Waals surface area contributed by atoms with Gasteiger partial charge in [0.2, 0.25) is 10.0 Å². The molecule has 0 aliphatic rings. The number of nitrogens with one attached hydrogen (secondary N) is 2. The predicted molar refractivity (Wildman–Crippen MR) is 118 cm³/mol. The number of benzene rings is 1. The zero-order valence-corrected chi connectivity index (χ0v) is 19.1. The average molecular weight is 498 g/mol. The lowest BCUT2D eigenvalue weighted by molar-refractivity contribution is 0.322. The van der Waals surface area contributed by atoms with Crippen molar-refractivity contribution in [1.82, 2.24) is 14.9 Å². The van der Waals surface area contributed by atoms with Crippen LogP contribution in [0.2, 0.25) is 0 Å². The molecule has 0 aliphatic heterocycles. The molecule has 0 saturated carbocycles. The van der Waals surface area contributed by atoms with Crippen molar-refractivity contribution in [3.05, 3.63) is 29.8 Å². The fourth-order valence-electron chi connectivity index (χ4n) is 2.06. The van der Waals surface area contributed by atoms with Gasteiger partial charge in [0.05, 0.1) is 12.3 Å². The van der Waals surface area contributed by atoms with Crippen LogP contribution in [0.25, 0.3) is 0 Å². The van der Waals surface area contributed by atoms with Crippen LogP contribution in [0.3, 0.4) is 0 Å². The van der Waals surface area contributed by atoms with E-state index in [1.165, 1.54) is 9.87 Å². The monoisotopic (exact) mass is 498 g/mol. The third-order valence-electron chi connectivity index (χ3n) is 3.69. The van der Waals surface area contributed by atoms with Gasteiger partial charge in [0.1, 0.15) is 12.4 Å². The predicted octanol–water partition coefficient (Wildman–Crippen LogP) is 1.83. The summed E-state index contributed by atoms with van der Waals surface area (Å²) in [6.45, 7) is 5.96. The van der Waals surface area contributed by atoms with Crippen molar-refractivity contribution in [2.75, 3.05) is 46.1 Å². The number of nitrogens with zero attached hydrogens (tertiary/aromatic N) is 2. The van der Waals surface area contributed by atoms with Gasteiger partial charge in [-0.25, -0.2) is 12.7 Å². The molecule has 1 aromatic rings. The van der Waals surface area contributed by atoms with E-state index in [4.69, 9.17) is 4.74 Å². The molecule has 0 heterocycles. The van der Waals surface area contributed by atoms with E-state index in [9.17, 15) is 8.42 Å². The molecule has 2 N–H and O–H groups in total. The Morgan fingerprint density at radius 1 is 1.19 bits per heavy atom. The Morgan fingerprint density at radius 3 is 2.38 bits per heavy atom. The lowest BCUT2D eigenvalue weighted by atomic mass is 10.2. The number of hydrogen-bond acceptors (Lipinski definition) is 4. The van der Waals surface area contributed by atoms with Crippen LogP contribution >= 0.6 is 24.0 Å². The van der Waals surface area contributed by atoms with Gasteiger partial charge in [-0.1, -0.05) is 17.7 Å². The molecule has 0 fully saturated rings. The Morgan fingerprint density at radius 2 is 1.81 bits per heavy atom. The molecule has 0 aliphatic carbocycles. The van der Waals surface area contributed by atoms with Gasteiger partial charge in [-0.2, -0.15) is 0 Å². The van der Waals surface area contributed by atoms with Crippen molar-refractivity contribution in [3.8, 4) is 5.75 Å².